The Labute approximate surface area is 631 Å². The lowest BCUT2D eigenvalue weighted by Crippen LogP contribution is -2.59. The van der Waals surface area contributed by atoms with Crippen molar-refractivity contribution >= 4 is 85.1 Å². The summed E-state index contributed by atoms with van der Waals surface area (Å²) >= 11 is 0. The quantitative estimate of drug-likeness (QED) is 0.114. The molecule has 0 amide bonds. The van der Waals surface area contributed by atoms with E-state index in [9.17, 15) is 0 Å². The first-order valence-corrected chi connectivity index (χ1v) is 42.0. The number of hydrogen-bond donors (Lipinski definition) is 1. The zero-order valence-corrected chi connectivity index (χ0v) is 61.7. The van der Waals surface area contributed by atoms with Crippen LogP contribution in [0.15, 0.2) is 417 Å². The predicted molar refractivity (Wildman–Crippen MR) is 450 cm³/mol. The van der Waals surface area contributed by atoms with Crippen LogP contribution in [0.2, 0.25) is 0 Å². The second-order valence-corrected chi connectivity index (χ2v) is 36.0. The highest BCUT2D eigenvalue weighted by atomic mass is 31.2. The molecule has 5 aliphatic heterocycles. The molecule has 0 radical (unpaired) electrons. The second-order valence-electron chi connectivity index (χ2n) is 28.5. The number of rotatable bonds is 13. The highest BCUT2D eigenvalue weighted by molar-refractivity contribution is 7.76. The molecule has 13 aromatic carbocycles. The van der Waals surface area contributed by atoms with Gasteiger partial charge in [0.05, 0.1) is 56.5 Å². The van der Waals surface area contributed by atoms with Gasteiger partial charge >= 0.3 is 15.2 Å². The van der Waals surface area contributed by atoms with Crippen LogP contribution in [-0.4, -0.2) is 16.1 Å². The molecular weight excluding hydrogens is 1380 g/mol. The predicted octanol–water partition coefficient (Wildman–Crippen LogP) is 26.3. The molecule has 12 heteroatoms. The van der Waals surface area contributed by atoms with Crippen LogP contribution in [0.3, 0.4) is 0 Å². The number of fused-ring (bicyclic) bond motifs is 4. The van der Waals surface area contributed by atoms with E-state index in [2.05, 4.69) is 356 Å². The lowest BCUT2D eigenvalue weighted by molar-refractivity contribution is 0.352. The first kappa shape index (κ1) is 65.5. The molecule has 1 N–H and O–H groups in total. The lowest BCUT2D eigenvalue weighted by Gasteiger charge is -2.55. The monoisotopic (exact) mass is 1450 g/mol. The normalized spacial score (nSPS) is 21.0. The molecule has 13 aromatic rings. The number of nitrogens with zero attached hydrogens (tertiary/aromatic N) is 6. The van der Waals surface area contributed by atoms with E-state index < -0.39 is 33.9 Å². The van der Waals surface area contributed by atoms with Crippen LogP contribution < -0.4 is 28.0 Å². The zero-order valence-electron chi connectivity index (χ0n) is 59.0. The average molecular weight is 1450 g/mol. The van der Waals surface area contributed by atoms with Gasteiger partial charge in [0, 0.05) is 51.4 Å². The van der Waals surface area contributed by atoms with Crippen molar-refractivity contribution in [3.05, 3.63) is 428 Å². The average Bonchev–Trinajstić information content (AvgIpc) is 1.49. The number of allylic oxidation sites excluding steroid dienone is 8. The van der Waals surface area contributed by atoms with Gasteiger partial charge in [0.15, 0.2) is 5.66 Å². The third kappa shape index (κ3) is 9.93. The molecule has 4 unspecified atom stereocenters. The standard InChI is InChI=1S/C96H74N6O3P3/c103-106(97(85-52-23-19-47-79(85)69-35-7-1-8-36-69)90-56-27-28-57-91(90)98(106)86-53-24-20-48-80(86)70-37-9-2-10-38-70)76-66-77(107(104)99(87-54-25-21-49-81(87)71-39-11-3-12-40-71)92-58-29-30-59-93(92)100(107)88-55-26-22-50-82(88)72-41-13-4-14-42-72)68-78(67-76)108(105)101-89-63-62-75(65-83(89)73-43-15-5-16-44-73)96(102(108)95-61-32-31-60-94(95)101)64-34-33-51-84(96)74-45-17-6-18-46-74/h1-61,63-67,75,78,84,105H,62,68H2/q+1/t75?,78?,84?,96-,108?/m1/s1. The largest absolute Gasteiger partial charge is 0.343 e. The number of anilines is 10. The molecular formula is C96H74N6O3P3+. The molecule has 0 aromatic heterocycles. The smallest absolute Gasteiger partial charge is 0.270 e. The lowest BCUT2D eigenvalue weighted by atomic mass is 9.66. The fourth-order valence-electron chi connectivity index (χ4n) is 18.2. The zero-order chi connectivity index (χ0) is 72.1. The van der Waals surface area contributed by atoms with E-state index in [-0.39, 0.29) is 18.3 Å². The molecule has 108 heavy (non-hydrogen) atoms. The maximum atomic E-state index is 20.2. The SMILES string of the molecule is O=P1(C2=CC([P+]3(O)N4C5=CCC(C=C5c5ccccc5)[C@@]5(C=CC=CC5c5ccccc5)N3c3ccccc34)CC(P3(=O)N(c4ccccc4-c4ccccc4)c4ccccc4N3c3ccccc3-c3ccccc3)=C2)N(c2ccccc2-c2ccccc2)c2ccccc2N1c1ccccc1-c1ccccc1. The molecule has 520 valence electrons. The highest BCUT2D eigenvalue weighted by Gasteiger charge is 2.74. The van der Waals surface area contributed by atoms with Crippen molar-refractivity contribution in [3.63, 3.8) is 0 Å². The van der Waals surface area contributed by atoms with E-state index >= 15 is 14.0 Å². The van der Waals surface area contributed by atoms with Crippen molar-refractivity contribution < 1.29 is 14.0 Å². The van der Waals surface area contributed by atoms with Crippen molar-refractivity contribution in [2.45, 2.75) is 30.0 Å². The van der Waals surface area contributed by atoms with E-state index in [0.717, 1.165) is 124 Å². The van der Waals surface area contributed by atoms with Gasteiger partial charge in [0.1, 0.15) is 16.9 Å². The highest BCUT2D eigenvalue weighted by Crippen LogP contribution is 2.86. The maximum Gasteiger partial charge on any atom is 0.343 e. The summed E-state index contributed by atoms with van der Waals surface area (Å²) in [6, 6.07) is 122. The Bertz CT molecular complexity index is 5780. The van der Waals surface area contributed by atoms with E-state index in [1.54, 1.807) is 0 Å². The second kappa shape index (κ2) is 26.2. The summed E-state index contributed by atoms with van der Waals surface area (Å²) in [5, 5.41) is 0.930. The van der Waals surface area contributed by atoms with Crippen LogP contribution in [0.5, 0.6) is 0 Å². The van der Waals surface area contributed by atoms with Gasteiger partial charge in [0.2, 0.25) is 0 Å². The molecule has 5 atom stereocenters. The Morgan fingerprint density at radius 3 is 1.14 bits per heavy atom. The third-order valence-corrected chi connectivity index (χ3v) is 32.0. The van der Waals surface area contributed by atoms with Gasteiger partial charge in [-0.2, -0.15) is 9.34 Å². The fraction of sp³-hybridized carbons (Fsp3) is 0.0625. The van der Waals surface area contributed by atoms with Crippen LogP contribution in [0.25, 0.3) is 50.1 Å². The molecule has 5 heterocycles. The van der Waals surface area contributed by atoms with Crippen molar-refractivity contribution in [3.8, 4) is 44.5 Å². The van der Waals surface area contributed by atoms with Crippen molar-refractivity contribution in [1.82, 2.24) is 0 Å². The minimum Gasteiger partial charge on any atom is -0.270 e. The summed E-state index contributed by atoms with van der Waals surface area (Å²) in [4.78, 5) is 16.8. The number of para-hydroxylation sites is 10. The molecule has 0 saturated heterocycles. The topological polar surface area (TPSA) is 73.8 Å². The van der Waals surface area contributed by atoms with E-state index in [1.807, 2.05) is 72.8 Å². The molecule has 0 fully saturated rings. The Kier molecular flexibility index (Phi) is 15.9. The van der Waals surface area contributed by atoms with Crippen LogP contribution in [0.4, 0.5) is 56.9 Å². The molecule has 1 spiro atoms. The van der Waals surface area contributed by atoms with Crippen LogP contribution in [0, 0.1) is 5.92 Å². The molecule has 0 saturated carbocycles. The molecule has 21 rings (SSSR count). The van der Waals surface area contributed by atoms with Gasteiger partial charge in [-0.1, -0.05) is 328 Å². The number of benzene rings is 13. The summed E-state index contributed by atoms with van der Waals surface area (Å²) in [5.41, 5.74) is 17.0. The van der Waals surface area contributed by atoms with Gasteiger partial charge < -0.3 is 0 Å². The fourth-order valence-corrected chi connectivity index (χ4v) is 28.9. The van der Waals surface area contributed by atoms with Crippen molar-refractivity contribution in [2.75, 3.05) is 28.0 Å². The number of hydrogen-bond acceptors (Lipinski definition) is 5. The summed E-state index contributed by atoms with van der Waals surface area (Å²) in [7, 11) is -13.6. The minimum atomic E-state index is -4.66. The van der Waals surface area contributed by atoms with Crippen LogP contribution >= 0.6 is 22.7 Å². The summed E-state index contributed by atoms with van der Waals surface area (Å²) in [6.45, 7) is 0. The van der Waals surface area contributed by atoms with E-state index in [0.29, 0.717) is 17.0 Å². The van der Waals surface area contributed by atoms with Crippen molar-refractivity contribution in [1.29, 1.82) is 0 Å². The molecule has 4 bridgehead atoms. The van der Waals surface area contributed by atoms with Crippen molar-refractivity contribution in [2.24, 2.45) is 5.92 Å². The van der Waals surface area contributed by atoms with Crippen LogP contribution in [0.1, 0.15) is 29.9 Å². The van der Waals surface area contributed by atoms with Gasteiger partial charge in [-0.25, -0.2) is 4.89 Å². The molecule has 3 aliphatic carbocycles. The minimum absolute atomic E-state index is 0.0517. The van der Waals surface area contributed by atoms with Crippen LogP contribution in [-0.2, 0) is 9.13 Å². The van der Waals surface area contributed by atoms with E-state index in [1.165, 1.54) is 0 Å². The van der Waals surface area contributed by atoms with Gasteiger partial charge in [-0.05, 0) is 113 Å². The summed E-state index contributed by atoms with van der Waals surface area (Å²) in [6.07, 6.45) is 19.0. The Morgan fingerprint density at radius 2 is 0.713 bits per heavy atom. The summed E-state index contributed by atoms with van der Waals surface area (Å²) < 4.78 is 53.6. The first-order chi connectivity index (χ1) is 53.3. The van der Waals surface area contributed by atoms with Gasteiger partial charge in [0.25, 0.3) is 7.44 Å². The Hall–Kier alpha value is -12.1. The Morgan fingerprint density at radius 1 is 0.361 bits per heavy atom. The first-order valence-electron chi connectivity index (χ1n) is 37.1. The molecule has 9 nitrogen and oxygen atoms in total. The molecule has 8 aliphatic rings. The Balaban J connectivity index is 0.940. The van der Waals surface area contributed by atoms with Gasteiger partial charge in [-0.15, -0.1) is 0 Å². The van der Waals surface area contributed by atoms with E-state index in [4.69, 9.17) is 0 Å². The third-order valence-electron chi connectivity index (χ3n) is 22.7. The van der Waals surface area contributed by atoms with Gasteiger partial charge in [-0.3, -0.25) is 27.8 Å². The maximum absolute atomic E-state index is 20.2. The summed E-state index contributed by atoms with van der Waals surface area (Å²) in [5.74, 6) is -0.535.